The van der Waals surface area contributed by atoms with E-state index in [4.69, 9.17) is 5.73 Å². The molecule has 2 aromatic carbocycles. The Morgan fingerprint density at radius 3 is 2.46 bits per heavy atom. The maximum absolute atomic E-state index is 13.5. The molecule has 1 aliphatic heterocycles. The van der Waals surface area contributed by atoms with Gasteiger partial charge >= 0.3 is 0 Å². The summed E-state index contributed by atoms with van der Waals surface area (Å²) in [6, 6.07) is 13.2. The first-order valence-corrected chi connectivity index (χ1v) is 8.90. The molecule has 130 valence electrons. The molecule has 4 nitrogen and oxygen atoms in total. The third-order valence-corrected chi connectivity index (χ3v) is 6.30. The van der Waals surface area contributed by atoms with E-state index in [1.165, 1.54) is 16.4 Å². The summed E-state index contributed by atoms with van der Waals surface area (Å²) in [4.78, 5) is 0.0124. The van der Waals surface area contributed by atoms with Crippen molar-refractivity contribution in [3.8, 4) is 0 Å². The average Bonchev–Trinajstić information content (AvgIpc) is 2.93. The van der Waals surface area contributed by atoms with Crippen molar-refractivity contribution >= 4 is 22.4 Å². The quantitative estimate of drug-likeness (QED) is 0.903. The molecular formula is C17H20ClFN2O2S. The Hall–Kier alpha value is -1.47. The van der Waals surface area contributed by atoms with Crippen LogP contribution < -0.4 is 5.73 Å². The molecule has 0 bridgehead atoms. The van der Waals surface area contributed by atoms with E-state index in [0.29, 0.717) is 12.1 Å². The van der Waals surface area contributed by atoms with E-state index >= 15 is 0 Å². The summed E-state index contributed by atoms with van der Waals surface area (Å²) in [5.74, 6) is -0.614. The summed E-state index contributed by atoms with van der Waals surface area (Å²) >= 11 is 0. The average molecular weight is 371 g/mol. The van der Waals surface area contributed by atoms with Crippen LogP contribution in [0.4, 0.5) is 4.39 Å². The zero-order valence-electron chi connectivity index (χ0n) is 13.2. The summed E-state index contributed by atoms with van der Waals surface area (Å²) in [6.45, 7) is 2.21. The lowest BCUT2D eigenvalue weighted by Crippen LogP contribution is -2.32. The Bertz CT molecular complexity index is 815. The lowest BCUT2D eigenvalue weighted by atomic mass is 9.95. The molecule has 1 aliphatic rings. The van der Waals surface area contributed by atoms with Crippen LogP contribution in [0, 0.1) is 12.7 Å². The monoisotopic (exact) mass is 370 g/mol. The molecule has 0 unspecified atom stereocenters. The number of rotatable bonds is 3. The highest BCUT2D eigenvalue weighted by Crippen LogP contribution is 2.31. The molecule has 7 heteroatoms. The number of aryl methyl sites for hydroxylation is 1. The van der Waals surface area contributed by atoms with E-state index in [9.17, 15) is 12.8 Å². The number of halogens is 2. The van der Waals surface area contributed by atoms with Gasteiger partial charge in [-0.25, -0.2) is 12.8 Å². The second-order valence-corrected chi connectivity index (χ2v) is 7.82. The summed E-state index contributed by atoms with van der Waals surface area (Å²) in [5, 5.41) is 0. The van der Waals surface area contributed by atoms with Crippen molar-refractivity contribution in [2.24, 2.45) is 5.73 Å². The van der Waals surface area contributed by atoms with Gasteiger partial charge in [-0.15, -0.1) is 12.4 Å². The first-order valence-electron chi connectivity index (χ1n) is 7.46. The number of hydrogen-bond donors (Lipinski definition) is 1. The number of sulfonamides is 1. The molecule has 0 spiro atoms. The first kappa shape index (κ1) is 18.9. The fourth-order valence-corrected chi connectivity index (χ4v) is 4.77. The van der Waals surface area contributed by atoms with Crippen LogP contribution in [0.5, 0.6) is 0 Å². The van der Waals surface area contributed by atoms with E-state index in [0.717, 1.165) is 11.6 Å². The molecular weight excluding hydrogens is 351 g/mol. The number of nitrogens with two attached hydrogens (primary N) is 1. The van der Waals surface area contributed by atoms with Crippen LogP contribution in [-0.2, 0) is 10.0 Å². The Balaban J connectivity index is 0.00000208. The molecule has 0 saturated carbocycles. The fourth-order valence-electron chi connectivity index (χ4n) is 3.03. The van der Waals surface area contributed by atoms with E-state index < -0.39 is 15.8 Å². The standard InChI is InChI=1S/C17H19FN2O2S.ClH/c1-12-7-8-14(18)9-17(12)23(21,22)20-10-15(16(19)11-20)13-5-3-2-4-6-13;/h2-9,15-16H,10-11,19H2,1H3;1H/t15-,16+;/m0./s1. The second-order valence-electron chi connectivity index (χ2n) is 5.91. The molecule has 2 atom stereocenters. The van der Waals surface area contributed by atoms with Crippen molar-refractivity contribution < 1.29 is 12.8 Å². The highest BCUT2D eigenvalue weighted by molar-refractivity contribution is 7.89. The Labute approximate surface area is 147 Å². The zero-order chi connectivity index (χ0) is 16.6. The second kappa shape index (κ2) is 7.19. The predicted molar refractivity (Wildman–Crippen MR) is 94.3 cm³/mol. The first-order chi connectivity index (χ1) is 10.9. The SMILES string of the molecule is Cc1ccc(F)cc1S(=O)(=O)N1C[C@@H](N)[C@H](c2ccccc2)C1.Cl. The number of nitrogens with zero attached hydrogens (tertiary/aromatic N) is 1. The van der Waals surface area contributed by atoms with Crippen LogP contribution in [0.25, 0.3) is 0 Å². The van der Waals surface area contributed by atoms with Crippen LogP contribution in [0.15, 0.2) is 53.4 Å². The summed E-state index contributed by atoms with van der Waals surface area (Å²) in [7, 11) is -3.75. The van der Waals surface area contributed by atoms with Crippen molar-refractivity contribution in [2.75, 3.05) is 13.1 Å². The van der Waals surface area contributed by atoms with Gasteiger partial charge in [-0.2, -0.15) is 4.31 Å². The number of benzene rings is 2. The van der Waals surface area contributed by atoms with Crippen LogP contribution in [-0.4, -0.2) is 31.9 Å². The van der Waals surface area contributed by atoms with Crippen molar-refractivity contribution in [2.45, 2.75) is 23.8 Å². The lowest BCUT2D eigenvalue weighted by molar-refractivity contribution is 0.469. The van der Waals surface area contributed by atoms with E-state index in [2.05, 4.69) is 0 Å². The fraction of sp³-hybridized carbons (Fsp3) is 0.294. The predicted octanol–water partition coefficient (Wildman–Crippen LogP) is 2.67. The summed E-state index contributed by atoms with van der Waals surface area (Å²) in [6.07, 6.45) is 0. The molecule has 3 rings (SSSR count). The maximum Gasteiger partial charge on any atom is 0.243 e. The topological polar surface area (TPSA) is 63.4 Å². The van der Waals surface area contributed by atoms with Gasteiger partial charge in [0, 0.05) is 25.0 Å². The molecule has 2 aromatic rings. The number of hydrogen-bond acceptors (Lipinski definition) is 3. The van der Waals surface area contributed by atoms with Gasteiger partial charge in [0.15, 0.2) is 0 Å². The Morgan fingerprint density at radius 2 is 1.79 bits per heavy atom. The van der Waals surface area contributed by atoms with Gasteiger partial charge < -0.3 is 5.73 Å². The minimum atomic E-state index is -3.75. The van der Waals surface area contributed by atoms with Gasteiger partial charge in [0.05, 0.1) is 4.90 Å². The molecule has 2 N–H and O–H groups in total. The van der Waals surface area contributed by atoms with Crippen LogP contribution in [0.1, 0.15) is 17.0 Å². The summed E-state index contributed by atoms with van der Waals surface area (Å²) in [5.41, 5.74) is 7.72. The van der Waals surface area contributed by atoms with E-state index in [1.807, 2.05) is 30.3 Å². The molecule has 1 saturated heterocycles. The van der Waals surface area contributed by atoms with Gasteiger partial charge in [0.2, 0.25) is 10.0 Å². The molecule has 1 fully saturated rings. The Kier molecular flexibility index (Phi) is 5.65. The smallest absolute Gasteiger partial charge is 0.243 e. The van der Waals surface area contributed by atoms with Gasteiger partial charge in [-0.3, -0.25) is 0 Å². The molecule has 0 aromatic heterocycles. The molecule has 0 amide bonds. The summed E-state index contributed by atoms with van der Waals surface area (Å²) < 4.78 is 40.5. The molecule has 24 heavy (non-hydrogen) atoms. The Morgan fingerprint density at radius 1 is 1.12 bits per heavy atom. The van der Waals surface area contributed by atoms with Crippen LogP contribution in [0.2, 0.25) is 0 Å². The van der Waals surface area contributed by atoms with Crippen molar-refractivity contribution in [1.29, 1.82) is 0 Å². The van der Waals surface area contributed by atoms with Crippen molar-refractivity contribution in [3.63, 3.8) is 0 Å². The minimum absolute atomic E-state index is 0. The van der Waals surface area contributed by atoms with Crippen LogP contribution >= 0.6 is 12.4 Å². The normalized spacial score (nSPS) is 21.5. The van der Waals surface area contributed by atoms with E-state index in [1.54, 1.807) is 6.92 Å². The lowest BCUT2D eigenvalue weighted by Gasteiger charge is -2.18. The van der Waals surface area contributed by atoms with Crippen molar-refractivity contribution in [3.05, 3.63) is 65.5 Å². The van der Waals surface area contributed by atoms with Gasteiger partial charge in [-0.1, -0.05) is 36.4 Å². The highest BCUT2D eigenvalue weighted by Gasteiger charge is 2.38. The zero-order valence-corrected chi connectivity index (χ0v) is 14.9. The molecule has 0 aliphatic carbocycles. The van der Waals surface area contributed by atoms with Crippen LogP contribution in [0.3, 0.4) is 0 Å². The maximum atomic E-state index is 13.5. The largest absolute Gasteiger partial charge is 0.326 e. The van der Waals surface area contributed by atoms with Gasteiger partial charge in [0.1, 0.15) is 5.82 Å². The molecule has 1 heterocycles. The highest BCUT2D eigenvalue weighted by atomic mass is 35.5. The van der Waals surface area contributed by atoms with Gasteiger partial charge in [-0.05, 0) is 30.2 Å². The van der Waals surface area contributed by atoms with E-state index in [-0.39, 0.29) is 35.8 Å². The third-order valence-electron chi connectivity index (χ3n) is 4.33. The van der Waals surface area contributed by atoms with Gasteiger partial charge in [0.25, 0.3) is 0 Å². The molecule has 0 radical (unpaired) electrons. The van der Waals surface area contributed by atoms with Crippen molar-refractivity contribution in [1.82, 2.24) is 4.31 Å². The third kappa shape index (κ3) is 3.47. The minimum Gasteiger partial charge on any atom is -0.326 e.